The third-order valence-corrected chi connectivity index (χ3v) is 5.97. The van der Waals surface area contributed by atoms with Crippen LogP contribution >= 0.6 is 0 Å². The van der Waals surface area contributed by atoms with Gasteiger partial charge in [-0.15, -0.1) is 0 Å². The molecule has 4 heteroatoms. The first-order valence-electron chi connectivity index (χ1n) is 12.7. The largest absolute Gasteiger partial charge is 0.633 e. The molecule has 4 nitrogen and oxygen atoms in total. The first-order chi connectivity index (χ1) is 13.1. The summed E-state index contributed by atoms with van der Waals surface area (Å²) in [6.45, 7) is 6.21. The van der Waals surface area contributed by atoms with Crippen LogP contribution in [0.2, 0.25) is 0 Å². The van der Waals surface area contributed by atoms with E-state index >= 15 is 0 Å². The third kappa shape index (κ3) is 27.8. The van der Waals surface area contributed by atoms with Crippen molar-refractivity contribution >= 4 is 0 Å². The Hall–Kier alpha value is -0.160. The van der Waals surface area contributed by atoms with Gasteiger partial charge in [-0.1, -0.05) is 117 Å². The van der Waals surface area contributed by atoms with Crippen molar-refractivity contribution in [1.29, 1.82) is 0 Å². The van der Waals surface area contributed by atoms with E-state index in [4.69, 9.17) is 0 Å². The predicted octanol–water partition coefficient (Wildman–Crippen LogP) is 7.12. The lowest BCUT2D eigenvalue weighted by Gasteiger charge is -2.39. The normalized spacial score (nSPS) is 11.2. The highest BCUT2D eigenvalue weighted by Gasteiger charge is 2.09. The third-order valence-electron chi connectivity index (χ3n) is 5.97. The van der Waals surface area contributed by atoms with Crippen LogP contribution in [0.15, 0.2) is 0 Å². The summed E-state index contributed by atoms with van der Waals surface area (Å²) in [5.74, 6) is 0. The molecule has 29 heavy (non-hydrogen) atoms. The maximum absolute atomic E-state index is 12.5. The van der Waals surface area contributed by atoms with Gasteiger partial charge in [0, 0.05) is 0 Å². The van der Waals surface area contributed by atoms with E-state index in [0.29, 0.717) is 0 Å². The summed E-state index contributed by atoms with van der Waals surface area (Å²) < 4.78 is -0.00592. The van der Waals surface area contributed by atoms with Gasteiger partial charge in [0.1, 0.15) is 0 Å². The molecule has 0 aliphatic carbocycles. The molecule has 0 heterocycles. The molecule has 0 atom stereocenters. The van der Waals surface area contributed by atoms with E-state index in [1.165, 1.54) is 116 Å². The zero-order valence-electron chi connectivity index (χ0n) is 20.4. The highest BCUT2D eigenvalue weighted by molar-refractivity contribution is 4.50. The fourth-order valence-corrected chi connectivity index (χ4v) is 3.98. The van der Waals surface area contributed by atoms with Crippen molar-refractivity contribution in [3.05, 3.63) is 5.21 Å². The van der Waals surface area contributed by atoms with Gasteiger partial charge in [0.05, 0.1) is 20.1 Å². The second kappa shape index (κ2) is 25.9. The quantitative estimate of drug-likeness (QED) is 0.104. The van der Waals surface area contributed by atoms with E-state index in [0.717, 1.165) is 25.9 Å². The molecule has 0 fully saturated rings. The van der Waals surface area contributed by atoms with Crippen molar-refractivity contribution in [3.8, 4) is 0 Å². The fraction of sp³-hybridized carbons (Fsp3) is 1.00. The molecule has 0 radical (unpaired) electrons. The minimum absolute atomic E-state index is 0. The number of rotatable bonds is 22. The van der Waals surface area contributed by atoms with Gasteiger partial charge in [-0.05, 0) is 25.7 Å². The van der Waals surface area contributed by atoms with Gasteiger partial charge in [0.25, 0.3) is 0 Å². The zero-order chi connectivity index (χ0) is 20.1. The van der Waals surface area contributed by atoms with Gasteiger partial charge in [-0.2, -0.15) is 0 Å². The Morgan fingerprint density at radius 2 is 0.621 bits per heavy atom. The van der Waals surface area contributed by atoms with Gasteiger partial charge in [0.15, 0.2) is 0 Å². The van der Waals surface area contributed by atoms with Crippen LogP contribution in [-0.2, 0) is 0 Å². The molecule has 0 bridgehead atoms. The highest BCUT2D eigenvalue weighted by atomic mass is 16.5. The molecular formula is C25H57NO3. The molecule has 180 valence electrons. The summed E-state index contributed by atoms with van der Waals surface area (Å²) in [4.78, 5) is 0. The first-order valence-corrected chi connectivity index (χ1v) is 12.7. The number of hydrogen-bond donors (Lipinski definition) is 0. The minimum atomic E-state index is -0.00592. The van der Waals surface area contributed by atoms with Crippen LogP contribution < -0.4 is 0 Å². The van der Waals surface area contributed by atoms with E-state index in [2.05, 4.69) is 13.8 Å². The van der Waals surface area contributed by atoms with Crippen molar-refractivity contribution < 1.29 is 15.6 Å². The van der Waals surface area contributed by atoms with Gasteiger partial charge in [-0.25, -0.2) is 0 Å². The van der Waals surface area contributed by atoms with E-state index in [1.54, 1.807) is 0 Å². The van der Waals surface area contributed by atoms with Crippen LogP contribution in [0.5, 0.6) is 0 Å². The van der Waals surface area contributed by atoms with Gasteiger partial charge in [-0.3, -0.25) is 0 Å². The lowest BCUT2D eigenvalue weighted by Crippen LogP contribution is -2.39. The van der Waals surface area contributed by atoms with Crippen LogP contribution in [-0.4, -0.2) is 35.7 Å². The van der Waals surface area contributed by atoms with E-state index in [-0.39, 0.29) is 15.6 Å². The lowest BCUT2D eigenvalue weighted by atomic mass is 10.1. The molecule has 0 unspecified atom stereocenters. The summed E-state index contributed by atoms with van der Waals surface area (Å²) in [6, 6.07) is 0. The maximum atomic E-state index is 12.5. The minimum Gasteiger partial charge on any atom is -0.633 e. The van der Waals surface area contributed by atoms with Crippen molar-refractivity contribution in [1.82, 2.24) is 0 Å². The standard InChI is InChI=1S/C25H53NO.2H2O/c1-4-6-8-10-12-14-16-18-20-22-24-26(3,27)25-23-21-19-17-15-13-11-9-7-5-2;;/h4-25H2,1-3H3;2*1H2. The second-order valence-electron chi connectivity index (χ2n) is 9.11. The van der Waals surface area contributed by atoms with Crippen molar-refractivity contribution in [2.24, 2.45) is 0 Å². The zero-order valence-corrected chi connectivity index (χ0v) is 20.4. The molecule has 0 spiro atoms. The van der Waals surface area contributed by atoms with Crippen molar-refractivity contribution in [2.45, 2.75) is 142 Å². The van der Waals surface area contributed by atoms with Crippen LogP contribution in [0.4, 0.5) is 0 Å². The summed E-state index contributed by atoms with van der Waals surface area (Å²) in [7, 11) is 1.89. The smallest absolute Gasteiger partial charge is 0.0781 e. The molecule has 0 saturated carbocycles. The van der Waals surface area contributed by atoms with E-state index < -0.39 is 0 Å². The Kier molecular flexibility index (Phi) is 29.9. The average Bonchev–Trinajstić information content (AvgIpc) is 2.64. The molecule has 0 amide bonds. The molecule has 0 aliphatic heterocycles. The SMILES string of the molecule is CCCCCCCCCCCC[N+](C)([O-])CCCCCCCCCCCC.O.O. The van der Waals surface area contributed by atoms with Gasteiger partial charge >= 0.3 is 0 Å². The predicted molar refractivity (Wildman–Crippen MR) is 130 cm³/mol. The van der Waals surface area contributed by atoms with Crippen molar-refractivity contribution in [3.63, 3.8) is 0 Å². The Labute approximate surface area is 183 Å². The monoisotopic (exact) mass is 419 g/mol. The molecule has 0 aliphatic rings. The molecule has 0 rings (SSSR count). The average molecular weight is 420 g/mol. The fourth-order valence-electron chi connectivity index (χ4n) is 3.98. The number of unbranched alkanes of at least 4 members (excludes halogenated alkanes) is 18. The van der Waals surface area contributed by atoms with Gasteiger partial charge < -0.3 is 20.8 Å². The van der Waals surface area contributed by atoms with Crippen LogP contribution in [0, 0.1) is 5.21 Å². The maximum Gasteiger partial charge on any atom is 0.0781 e. The van der Waals surface area contributed by atoms with Crippen molar-refractivity contribution in [2.75, 3.05) is 20.1 Å². The molecule has 0 aromatic rings. The molecular weight excluding hydrogens is 362 g/mol. The molecule has 0 aromatic heterocycles. The van der Waals surface area contributed by atoms with Crippen LogP contribution in [0.3, 0.4) is 0 Å². The highest BCUT2D eigenvalue weighted by Crippen LogP contribution is 2.14. The second-order valence-corrected chi connectivity index (χ2v) is 9.11. The lowest BCUT2D eigenvalue weighted by molar-refractivity contribution is -0.861. The Morgan fingerprint density at radius 3 is 0.862 bits per heavy atom. The van der Waals surface area contributed by atoms with Crippen LogP contribution in [0.1, 0.15) is 142 Å². The molecule has 4 N–H and O–H groups in total. The number of hydroxylamine groups is 3. The summed E-state index contributed by atoms with van der Waals surface area (Å²) >= 11 is 0. The van der Waals surface area contributed by atoms with E-state index in [9.17, 15) is 5.21 Å². The number of nitrogens with zero attached hydrogens (tertiary/aromatic N) is 1. The van der Waals surface area contributed by atoms with E-state index in [1.807, 2.05) is 7.05 Å². The number of quaternary nitrogens is 1. The Balaban J connectivity index is -0.00000338. The summed E-state index contributed by atoms with van der Waals surface area (Å²) in [6.07, 6.45) is 26.9. The topological polar surface area (TPSA) is 86.1 Å². The van der Waals surface area contributed by atoms with Gasteiger partial charge in [0.2, 0.25) is 0 Å². The first kappa shape index (κ1) is 33.5. The Bertz CT molecular complexity index is 259. The summed E-state index contributed by atoms with van der Waals surface area (Å²) in [5, 5.41) is 12.5. The molecule has 0 saturated heterocycles. The van der Waals surface area contributed by atoms with Crippen LogP contribution in [0.25, 0.3) is 0 Å². The molecule has 0 aromatic carbocycles. The Morgan fingerprint density at radius 1 is 0.414 bits per heavy atom. The number of hydrogen-bond acceptors (Lipinski definition) is 1. The summed E-state index contributed by atoms with van der Waals surface area (Å²) in [5.41, 5.74) is 0.